The molecule has 10 fully saturated rings. The first-order valence-corrected chi connectivity index (χ1v) is 42.1. The van der Waals surface area contributed by atoms with Gasteiger partial charge in [-0.25, -0.2) is 24.0 Å². The number of β-lactam (4-membered cyclic amide) rings is 5. The van der Waals surface area contributed by atoms with E-state index < -0.39 is 90.0 Å². The number of amides is 6. The Morgan fingerprint density at radius 1 is 0.390 bits per heavy atom. The molecule has 15 aliphatic heterocycles. The van der Waals surface area contributed by atoms with Gasteiger partial charge in [0.05, 0.1) is 102 Å². The highest BCUT2D eigenvalue weighted by Crippen LogP contribution is 2.53. The van der Waals surface area contributed by atoms with E-state index in [1.165, 1.54) is 31.4 Å². The van der Waals surface area contributed by atoms with Gasteiger partial charge in [-0.05, 0) is 164 Å². The molecule has 34 heteroatoms. The monoisotopic (exact) mass is 1650 g/mol. The molecule has 0 saturated carbocycles. The van der Waals surface area contributed by atoms with Crippen LogP contribution in [0, 0.1) is 94.2 Å². The smallest absolute Gasteiger partial charge is 0.352 e. The van der Waals surface area contributed by atoms with Gasteiger partial charge in [0.25, 0.3) is 0 Å². The quantitative estimate of drug-likeness (QED) is 0.0392. The van der Waals surface area contributed by atoms with Crippen LogP contribution >= 0.6 is 0 Å². The summed E-state index contributed by atoms with van der Waals surface area (Å²) in [6.45, 7) is 41.1. The van der Waals surface area contributed by atoms with Gasteiger partial charge in [-0.2, -0.15) is 0 Å². The van der Waals surface area contributed by atoms with Crippen LogP contribution in [0.5, 0.6) is 0 Å². The van der Waals surface area contributed by atoms with Gasteiger partial charge in [0.2, 0.25) is 35.4 Å². The van der Waals surface area contributed by atoms with Gasteiger partial charge < -0.3 is 86.6 Å². The molecule has 118 heavy (non-hydrogen) atoms. The van der Waals surface area contributed by atoms with Crippen LogP contribution in [0.4, 0.5) is 0 Å². The number of nitrogens with one attached hydrogen (secondary N) is 2. The maximum absolute atomic E-state index is 12.4. The van der Waals surface area contributed by atoms with E-state index in [2.05, 4.69) is 52.3 Å². The Balaban J connectivity index is 0.000000145. The van der Waals surface area contributed by atoms with E-state index in [0.717, 1.165) is 107 Å². The maximum atomic E-state index is 12.4. The average molecular weight is 1650 g/mol. The van der Waals surface area contributed by atoms with Gasteiger partial charge >= 0.3 is 29.8 Å². The fourth-order valence-corrected chi connectivity index (χ4v) is 22.1. The van der Waals surface area contributed by atoms with Crippen molar-refractivity contribution in [1.82, 2.24) is 54.3 Å². The van der Waals surface area contributed by atoms with Crippen LogP contribution in [0.1, 0.15) is 135 Å². The first-order chi connectivity index (χ1) is 55.3. The molecule has 15 rings (SSSR count). The highest BCUT2D eigenvalue weighted by atomic mass is 16.4. The Hall–Kier alpha value is -8.32. The molecule has 0 aliphatic carbocycles. The van der Waals surface area contributed by atoms with E-state index >= 15 is 0 Å². The SMILES string of the molecule is C=C(N)C[C@@H]1CCN(CC2=C(C(=O)O)N3C(=O)C([C@@H](C)O)C3[C@H]2C)C1.CC(=N)NC(=O)[C@H]1CCN(CC2=C(C(=O)O)N3C(=O)C([C@@H](C)O)C3[C@H]2C)C1.C[C@@H]1CCN(CC2=C(C(=O)O)N3C(=O)C([C@@H](C)O)C3[C@H]2C)C1.C[C@H]1CCN(CC2=C(C(=O)O)N3C(=O)C([C@@H](C)O)C3[C@H]2C)C1.C[C@H]1CCN(CC2=C(C(=O)O)N3C(=O)C([C@@H](C)O)C3[C@H]2C)C1. The third-order valence-electron chi connectivity index (χ3n) is 28.0. The van der Waals surface area contributed by atoms with Gasteiger partial charge in [-0.15, -0.1) is 0 Å². The number of amidine groups is 1. The van der Waals surface area contributed by atoms with Gasteiger partial charge in [0.15, 0.2) is 0 Å². The van der Waals surface area contributed by atoms with Crippen LogP contribution in [0.2, 0.25) is 0 Å². The van der Waals surface area contributed by atoms with E-state index in [9.17, 15) is 104 Å². The number of allylic oxidation sites excluding steroid dienone is 1. The minimum absolute atomic E-state index is 0.0145. The number of aliphatic hydroxyl groups excluding tert-OH is 5. The lowest BCUT2D eigenvalue weighted by Crippen LogP contribution is -2.63. The van der Waals surface area contributed by atoms with Crippen molar-refractivity contribution in [1.29, 1.82) is 5.41 Å². The second-order valence-electron chi connectivity index (χ2n) is 36.6. The number of carbonyl (C=O) groups is 11. The van der Waals surface area contributed by atoms with Crippen molar-refractivity contribution in [3.05, 3.63) is 68.6 Å². The van der Waals surface area contributed by atoms with E-state index in [0.29, 0.717) is 87.2 Å². The summed E-state index contributed by atoms with van der Waals surface area (Å²) in [5.41, 5.74) is 11.0. The topological polar surface area (TPSA) is 484 Å². The number of nitrogens with zero attached hydrogens (tertiary/aromatic N) is 10. The van der Waals surface area contributed by atoms with Crippen LogP contribution in [0.3, 0.4) is 0 Å². The molecule has 34 nitrogen and oxygen atoms in total. The number of hydrogen-bond donors (Lipinski definition) is 13. The molecule has 0 spiro atoms. The lowest BCUT2D eigenvalue weighted by molar-refractivity contribution is -0.163. The van der Waals surface area contributed by atoms with Crippen molar-refractivity contribution in [2.24, 2.45) is 94.5 Å². The Bertz CT molecular complexity index is 3980. The van der Waals surface area contributed by atoms with Crippen LogP contribution in [0.25, 0.3) is 0 Å². The zero-order valence-corrected chi connectivity index (χ0v) is 70.5. The molecular formula is C84H125N13O21. The van der Waals surface area contributed by atoms with Gasteiger partial charge in [-0.1, -0.05) is 62.0 Å². The number of aliphatic carboxylic acids is 5. The van der Waals surface area contributed by atoms with E-state index in [4.69, 9.17) is 11.1 Å². The van der Waals surface area contributed by atoms with E-state index in [1.54, 1.807) is 34.6 Å². The molecule has 10 saturated heterocycles. The first kappa shape index (κ1) is 90.4. The molecule has 0 bridgehead atoms. The number of aliphatic hydroxyl groups is 5. The number of fused-ring (bicyclic) bond motifs is 5. The number of carboxylic acid groups (broad SMARTS) is 5. The van der Waals surface area contributed by atoms with E-state index in [1.807, 2.05) is 39.5 Å². The summed E-state index contributed by atoms with van der Waals surface area (Å²) in [6.07, 6.45) is 2.04. The highest BCUT2D eigenvalue weighted by molar-refractivity contribution is 6.04. The van der Waals surface area contributed by atoms with E-state index in [-0.39, 0.29) is 135 Å². The number of rotatable bonds is 23. The van der Waals surface area contributed by atoms with Crippen LogP contribution in [-0.4, -0.2) is 330 Å². The standard InChI is InChI=1S/C18H26N4O5.C18H27N3O4.3C16H24N2O4/c1-8-12(7-21-5-4-11(6-21)16(24)20-10(3)19)15(18(26)27)22-14(8)13(9(2)23)17(22)25;1-9(19)6-12-4-5-20(7-12)8-13-10(2)15-14(11(3)22)17(23)21(15)16(13)18(24)25;3*1-8-4-5-17(6-8)7-11-9(2)13-12(10(3)19)15(20)18(13)14(11)16(21)22/h8-9,11,13-14,23H,4-7H2,1-3H3,(H,26,27)(H2,19,20,24);10-12,14-15,22H,1,4-8,19H2,2-3H3,(H,24,25);3*8-10,12-13,19H,4-7H2,1-3H3,(H,21,22)/t8-,9+,11-,13?,14?;10-,11+,12-,14?,15?;8-,9+,10-,12?,13?;2*8-,9-,10+,12?,13?/m00100/s1. The predicted octanol–water partition coefficient (Wildman–Crippen LogP) is 1.56. The van der Waals surface area contributed by atoms with Gasteiger partial charge in [0.1, 0.15) is 28.5 Å². The fourth-order valence-electron chi connectivity index (χ4n) is 22.1. The molecule has 15 heterocycles. The maximum Gasteiger partial charge on any atom is 0.352 e. The third kappa shape index (κ3) is 17.0. The summed E-state index contributed by atoms with van der Waals surface area (Å²) in [7, 11) is 0. The Kier molecular flexibility index (Phi) is 27.4. The predicted molar refractivity (Wildman–Crippen MR) is 427 cm³/mol. The molecule has 0 aromatic rings. The normalized spacial score (nSPS) is 34.7. The van der Waals surface area contributed by atoms with Crippen LogP contribution in [-0.2, 0) is 52.7 Å². The summed E-state index contributed by atoms with van der Waals surface area (Å²) >= 11 is 0. The zero-order valence-electron chi connectivity index (χ0n) is 70.5. The number of hydrogen-bond acceptors (Lipinski definition) is 23. The second-order valence-corrected chi connectivity index (χ2v) is 36.6. The second kappa shape index (κ2) is 35.8. The lowest BCUT2D eigenvalue weighted by Gasteiger charge is -2.46. The third-order valence-corrected chi connectivity index (χ3v) is 28.0. The number of carbonyl (C=O) groups excluding carboxylic acids is 6. The molecule has 25 atom stereocenters. The minimum Gasteiger partial charge on any atom is -0.477 e. The highest BCUT2D eigenvalue weighted by Gasteiger charge is 2.65. The lowest BCUT2D eigenvalue weighted by atomic mass is 9.77. The van der Waals surface area contributed by atoms with Crippen LogP contribution in [0.15, 0.2) is 68.6 Å². The summed E-state index contributed by atoms with van der Waals surface area (Å²) < 4.78 is 0. The van der Waals surface area contributed by atoms with Crippen molar-refractivity contribution in [3.8, 4) is 0 Å². The summed E-state index contributed by atoms with van der Waals surface area (Å²) in [4.78, 5) is 150. The molecule has 6 amide bonds. The Morgan fingerprint density at radius 3 is 0.814 bits per heavy atom. The summed E-state index contributed by atoms with van der Waals surface area (Å²) in [5, 5.41) is 107. The Morgan fingerprint density at radius 2 is 0.610 bits per heavy atom. The van der Waals surface area contributed by atoms with Crippen molar-refractivity contribution in [3.63, 3.8) is 0 Å². The molecule has 14 N–H and O–H groups in total. The molecule has 0 aromatic heterocycles. The van der Waals surface area contributed by atoms with Gasteiger partial charge in [0, 0.05) is 101 Å². The first-order valence-electron chi connectivity index (χ1n) is 42.1. The Labute approximate surface area is 689 Å². The van der Waals surface area contributed by atoms with Crippen molar-refractivity contribution >= 4 is 71.1 Å². The average Bonchev–Trinajstić information content (AvgIpc) is 1.58. The molecule has 652 valence electrons. The summed E-state index contributed by atoms with van der Waals surface area (Å²) in [5.74, 6) is -7.42. The van der Waals surface area contributed by atoms with Crippen LogP contribution < -0.4 is 11.1 Å². The fraction of sp³-hybridized carbons (Fsp3) is 0.714. The molecular weight excluding hydrogens is 1530 g/mol. The molecule has 10 unspecified atom stereocenters. The van der Waals surface area contributed by atoms with Crippen molar-refractivity contribution < 1.29 is 104 Å². The molecule has 0 radical (unpaired) electrons. The number of nitrogens with two attached hydrogens (primary N) is 1. The minimum atomic E-state index is -1.13. The summed E-state index contributed by atoms with van der Waals surface area (Å²) in [6, 6.07) is -1.16. The molecule has 15 aliphatic rings. The van der Waals surface area contributed by atoms with Gasteiger partial charge in [-0.3, -0.25) is 58.7 Å². The zero-order chi connectivity index (χ0) is 87.0. The van der Waals surface area contributed by atoms with Crippen molar-refractivity contribution in [2.75, 3.05) is 98.2 Å². The number of likely N-dealkylation sites (tertiary alicyclic amines) is 5. The number of carboxylic acids is 5. The molecule has 0 aromatic carbocycles. The van der Waals surface area contributed by atoms with Crippen molar-refractivity contribution in [2.45, 2.75) is 196 Å². The largest absolute Gasteiger partial charge is 0.477 e.